The Bertz CT molecular complexity index is 2010. The number of rotatable bonds is 15. The van der Waals surface area contributed by atoms with E-state index < -0.39 is 92.7 Å². The highest BCUT2D eigenvalue weighted by molar-refractivity contribution is 5.90. The average molecular weight is 721 g/mol. The first kappa shape index (κ1) is 38.3. The zero-order valence-corrected chi connectivity index (χ0v) is 27.1. The monoisotopic (exact) mass is 720 g/mol. The molecule has 3 unspecified atom stereocenters. The molecule has 0 bridgehead atoms. The highest BCUT2D eigenvalue weighted by atomic mass is 16.6. The zero-order chi connectivity index (χ0) is 37.9. The van der Waals surface area contributed by atoms with Crippen molar-refractivity contribution in [2.75, 3.05) is 19.8 Å². The van der Waals surface area contributed by atoms with Crippen molar-refractivity contribution in [1.82, 2.24) is 13.7 Å². The fourth-order valence-corrected chi connectivity index (χ4v) is 4.58. The Morgan fingerprint density at radius 3 is 1.08 bits per heavy atom. The van der Waals surface area contributed by atoms with E-state index in [4.69, 9.17) is 19.5 Å². The number of esters is 3. The van der Waals surface area contributed by atoms with Crippen molar-refractivity contribution < 1.29 is 54.1 Å². The average Bonchev–Trinajstić information content (AvgIpc) is 3.14. The third-order valence-corrected chi connectivity index (χ3v) is 7.24. The fraction of sp³-hybridized carbons (Fsp3) is 0.265. The number of phenols is 2. The van der Waals surface area contributed by atoms with Crippen LogP contribution in [-0.2, 0) is 33.8 Å². The predicted molar refractivity (Wildman–Crippen MR) is 175 cm³/mol. The summed E-state index contributed by atoms with van der Waals surface area (Å²) in [5.41, 5.74) is -3.59. The Balaban J connectivity index is 1.53. The fourth-order valence-electron chi connectivity index (χ4n) is 4.58. The van der Waals surface area contributed by atoms with E-state index in [0.717, 1.165) is 0 Å². The third kappa shape index (κ3) is 10.0. The van der Waals surface area contributed by atoms with Gasteiger partial charge in [0.05, 0.1) is 48.0 Å². The molecule has 0 amide bonds. The van der Waals surface area contributed by atoms with Crippen molar-refractivity contribution in [2.24, 2.45) is 0 Å². The van der Waals surface area contributed by atoms with Crippen molar-refractivity contribution in [3.8, 4) is 17.6 Å². The maximum atomic E-state index is 13.4. The second-order valence-electron chi connectivity index (χ2n) is 11.2. The minimum absolute atomic E-state index is 0.0204. The summed E-state index contributed by atoms with van der Waals surface area (Å²) in [4.78, 5) is 77.3. The quantitative estimate of drug-likeness (QED) is 0.0736. The van der Waals surface area contributed by atoms with Crippen LogP contribution in [0.5, 0.6) is 11.5 Å². The Hall–Kier alpha value is -6.55. The Morgan fingerprint density at radius 1 is 0.538 bits per heavy atom. The molecule has 0 aliphatic heterocycles. The van der Waals surface area contributed by atoms with Crippen LogP contribution in [0.4, 0.5) is 0 Å². The number of nitrogens with zero attached hydrogens (tertiary/aromatic N) is 4. The van der Waals surface area contributed by atoms with E-state index in [1.165, 1.54) is 72.8 Å². The Kier molecular flexibility index (Phi) is 12.8. The summed E-state index contributed by atoms with van der Waals surface area (Å²) in [5.74, 6) is -2.93. The van der Waals surface area contributed by atoms with Crippen LogP contribution in [-0.4, -0.2) is 95.3 Å². The van der Waals surface area contributed by atoms with Gasteiger partial charge in [0.2, 0.25) is 0 Å². The number of phenolic OH excluding ortho intramolecular Hbond substituents is 2. The number of aromatic nitrogens is 3. The summed E-state index contributed by atoms with van der Waals surface area (Å²) in [6.45, 7) is -4.69. The van der Waals surface area contributed by atoms with Gasteiger partial charge in [-0.15, -0.1) is 0 Å². The van der Waals surface area contributed by atoms with Crippen LogP contribution in [0.3, 0.4) is 0 Å². The lowest BCUT2D eigenvalue weighted by molar-refractivity contribution is 0.0168. The topological polar surface area (TPSA) is 270 Å². The number of ether oxygens (including phenoxy) is 3. The highest BCUT2D eigenvalue weighted by Crippen LogP contribution is 2.12. The minimum atomic E-state index is -1.69. The molecule has 0 spiro atoms. The third-order valence-electron chi connectivity index (χ3n) is 7.24. The molecule has 272 valence electrons. The van der Waals surface area contributed by atoms with Crippen LogP contribution < -0.4 is 17.1 Å². The normalized spacial score (nSPS) is 12.6. The summed E-state index contributed by atoms with van der Waals surface area (Å²) in [5, 5.41) is 59.6. The molecule has 4 aromatic rings. The van der Waals surface area contributed by atoms with Gasteiger partial charge >= 0.3 is 35.0 Å². The van der Waals surface area contributed by atoms with Gasteiger partial charge < -0.3 is 39.7 Å². The lowest BCUT2D eigenvalue weighted by Gasteiger charge is -2.19. The molecule has 4 rings (SSSR count). The van der Waals surface area contributed by atoms with Gasteiger partial charge in [0.25, 0.3) is 0 Å². The van der Waals surface area contributed by atoms with Crippen LogP contribution in [0.2, 0.25) is 0 Å². The number of carbonyl (C=O) groups is 3. The van der Waals surface area contributed by atoms with E-state index in [2.05, 4.69) is 0 Å². The first-order chi connectivity index (χ1) is 24.8. The van der Waals surface area contributed by atoms with Crippen molar-refractivity contribution in [1.29, 1.82) is 5.26 Å². The molecule has 0 aliphatic carbocycles. The zero-order valence-electron chi connectivity index (χ0n) is 27.1. The van der Waals surface area contributed by atoms with Gasteiger partial charge in [-0.3, -0.25) is 0 Å². The molecular formula is C34H32N4O14. The molecule has 3 atom stereocenters. The van der Waals surface area contributed by atoms with E-state index >= 15 is 0 Å². The standard InChI is InChI=1S/C34H32N4O14/c35-13-20-1-3-21(4-2-20)29(44)50-17-26(41)14-36-32(47)37(15-27(42)18-51-30(45)22-5-9-24(39)10-6-22)34(49)38(33(36)48)16-28(43)19-52-31(46)23-7-11-25(40)12-8-23/h1-12,26-28,39-43H,14-19H2. The van der Waals surface area contributed by atoms with Crippen molar-refractivity contribution in [3.63, 3.8) is 0 Å². The van der Waals surface area contributed by atoms with Gasteiger partial charge in [0.15, 0.2) is 0 Å². The van der Waals surface area contributed by atoms with Crippen molar-refractivity contribution >= 4 is 17.9 Å². The van der Waals surface area contributed by atoms with Gasteiger partial charge in [-0.1, -0.05) is 0 Å². The van der Waals surface area contributed by atoms with E-state index in [1.54, 1.807) is 0 Å². The van der Waals surface area contributed by atoms with Gasteiger partial charge in [-0.25, -0.2) is 42.5 Å². The summed E-state index contributed by atoms with van der Waals surface area (Å²) in [6.07, 6.45) is -5.08. The SMILES string of the molecule is N#Cc1ccc(C(=O)OCC(O)Cn2c(=O)n(CC(O)COC(=O)c3ccc(O)cc3)c(=O)n(CC(O)COC(=O)c3ccc(O)cc3)c2=O)cc1. The maximum absolute atomic E-state index is 13.4. The second-order valence-corrected chi connectivity index (χ2v) is 11.2. The Labute approximate surface area is 292 Å². The molecule has 0 radical (unpaired) electrons. The van der Waals surface area contributed by atoms with E-state index in [1.807, 2.05) is 6.07 Å². The summed E-state index contributed by atoms with van der Waals surface area (Å²) >= 11 is 0. The molecule has 0 fully saturated rings. The molecule has 1 aromatic heterocycles. The lowest BCUT2D eigenvalue weighted by Crippen LogP contribution is -2.57. The van der Waals surface area contributed by atoms with Crippen molar-refractivity contribution in [3.05, 3.63) is 127 Å². The second kappa shape index (κ2) is 17.4. The molecule has 5 N–H and O–H groups in total. The summed E-state index contributed by atoms with van der Waals surface area (Å²) in [6, 6.07) is 17.2. The molecule has 18 nitrogen and oxygen atoms in total. The number of hydrogen-bond donors (Lipinski definition) is 5. The molecule has 0 saturated carbocycles. The first-order valence-corrected chi connectivity index (χ1v) is 15.4. The molecule has 0 aliphatic rings. The first-order valence-electron chi connectivity index (χ1n) is 15.4. The van der Waals surface area contributed by atoms with Gasteiger partial charge in [-0.2, -0.15) is 5.26 Å². The highest BCUT2D eigenvalue weighted by Gasteiger charge is 2.23. The van der Waals surface area contributed by atoms with Crippen LogP contribution >= 0.6 is 0 Å². The molecule has 18 heteroatoms. The number of hydrogen-bond acceptors (Lipinski definition) is 15. The number of nitriles is 1. The van der Waals surface area contributed by atoms with E-state index in [0.29, 0.717) is 13.7 Å². The molecule has 52 heavy (non-hydrogen) atoms. The summed E-state index contributed by atoms with van der Waals surface area (Å²) in [7, 11) is 0. The van der Waals surface area contributed by atoms with Crippen LogP contribution in [0, 0.1) is 11.3 Å². The van der Waals surface area contributed by atoms with E-state index in [9.17, 15) is 54.3 Å². The number of aliphatic hydroxyl groups excluding tert-OH is 3. The number of aliphatic hydroxyl groups is 3. The van der Waals surface area contributed by atoms with Crippen LogP contribution in [0.15, 0.2) is 87.2 Å². The smallest absolute Gasteiger partial charge is 0.338 e. The molecular weight excluding hydrogens is 688 g/mol. The maximum Gasteiger partial charge on any atom is 0.338 e. The predicted octanol–water partition coefficient (Wildman–Crippen LogP) is -0.892. The van der Waals surface area contributed by atoms with Crippen molar-refractivity contribution in [2.45, 2.75) is 37.9 Å². The molecule has 1 heterocycles. The number of carbonyl (C=O) groups excluding carboxylic acids is 3. The van der Waals surface area contributed by atoms with Gasteiger partial charge in [0, 0.05) is 0 Å². The Morgan fingerprint density at radius 2 is 0.808 bits per heavy atom. The minimum Gasteiger partial charge on any atom is -0.508 e. The van der Waals surface area contributed by atoms with Crippen LogP contribution in [0.1, 0.15) is 36.6 Å². The lowest BCUT2D eigenvalue weighted by atomic mass is 10.1. The van der Waals surface area contributed by atoms with Gasteiger partial charge in [-0.05, 0) is 72.8 Å². The van der Waals surface area contributed by atoms with E-state index in [-0.39, 0.29) is 33.8 Å². The molecule has 3 aromatic carbocycles. The number of benzene rings is 3. The van der Waals surface area contributed by atoms with Crippen LogP contribution in [0.25, 0.3) is 0 Å². The van der Waals surface area contributed by atoms with Gasteiger partial charge in [0.1, 0.15) is 49.6 Å². The largest absolute Gasteiger partial charge is 0.508 e. The number of aromatic hydroxyl groups is 2. The summed E-state index contributed by atoms with van der Waals surface area (Å²) < 4.78 is 16.3. The molecule has 0 saturated heterocycles.